The van der Waals surface area contributed by atoms with Gasteiger partial charge in [-0.25, -0.2) is 4.79 Å². The van der Waals surface area contributed by atoms with Crippen LogP contribution < -0.4 is 16.4 Å². The third kappa shape index (κ3) is 6.13. The van der Waals surface area contributed by atoms with E-state index in [-0.39, 0.29) is 25.0 Å². The van der Waals surface area contributed by atoms with Gasteiger partial charge in [0, 0.05) is 19.5 Å². The summed E-state index contributed by atoms with van der Waals surface area (Å²) in [4.78, 5) is 24.4. The quantitative estimate of drug-likeness (QED) is 0.670. The SMILES string of the molecule is CCc1ccc(C(CNC(=O)NCCC(N)=O)N(C)C)cc1. The lowest BCUT2D eigenvalue weighted by molar-refractivity contribution is -0.117. The number of nitrogens with one attached hydrogen (secondary N) is 2. The predicted octanol–water partition coefficient (Wildman–Crippen LogP) is 1.03. The fourth-order valence-electron chi connectivity index (χ4n) is 2.13. The molecule has 22 heavy (non-hydrogen) atoms. The molecular weight excluding hydrogens is 280 g/mol. The van der Waals surface area contributed by atoms with Crippen molar-refractivity contribution in [1.29, 1.82) is 0 Å². The van der Waals surface area contributed by atoms with Gasteiger partial charge in [-0.05, 0) is 31.6 Å². The number of urea groups is 1. The average molecular weight is 306 g/mol. The number of nitrogens with zero attached hydrogens (tertiary/aromatic N) is 1. The molecule has 1 rings (SSSR count). The molecule has 0 radical (unpaired) electrons. The summed E-state index contributed by atoms with van der Waals surface area (Å²) in [6, 6.07) is 8.20. The molecule has 3 amide bonds. The lowest BCUT2D eigenvalue weighted by atomic mass is 10.0. The second-order valence-electron chi connectivity index (χ2n) is 5.43. The second kappa shape index (κ2) is 9.04. The molecule has 0 aliphatic carbocycles. The highest BCUT2D eigenvalue weighted by atomic mass is 16.2. The molecule has 0 saturated carbocycles. The lowest BCUT2D eigenvalue weighted by Gasteiger charge is -2.25. The number of hydrogen-bond donors (Lipinski definition) is 3. The van der Waals surface area contributed by atoms with E-state index in [0.29, 0.717) is 6.54 Å². The van der Waals surface area contributed by atoms with Gasteiger partial charge in [-0.3, -0.25) is 4.79 Å². The Labute approximate surface area is 132 Å². The van der Waals surface area contributed by atoms with Crippen molar-refractivity contribution < 1.29 is 9.59 Å². The topological polar surface area (TPSA) is 87.5 Å². The molecule has 1 aromatic rings. The van der Waals surface area contributed by atoms with Gasteiger partial charge in [0.2, 0.25) is 5.91 Å². The highest BCUT2D eigenvalue weighted by Gasteiger charge is 2.15. The van der Waals surface area contributed by atoms with E-state index < -0.39 is 5.91 Å². The molecule has 1 atom stereocenters. The number of benzene rings is 1. The molecule has 122 valence electrons. The van der Waals surface area contributed by atoms with Gasteiger partial charge in [0.25, 0.3) is 0 Å². The van der Waals surface area contributed by atoms with Crippen LogP contribution in [0.25, 0.3) is 0 Å². The van der Waals surface area contributed by atoms with Crippen LogP contribution in [0, 0.1) is 0 Å². The number of nitrogens with two attached hydrogens (primary N) is 1. The van der Waals surface area contributed by atoms with Crippen molar-refractivity contribution in [1.82, 2.24) is 15.5 Å². The Morgan fingerprint density at radius 3 is 2.32 bits per heavy atom. The standard InChI is InChI=1S/C16H26N4O2/c1-4-12-5-7-13(8-6-12)14(20(2)3)11-19-16(22)18-10-9-15(17)21/h5-8,14H,4,9-11H2,1-3H3,(H2,17,21)(H2,18,19,22). The van der Waals surface area contributed by atoms with E-state index in [0.717, 1.165) is 12.0 Å². The van der Waals surface area contributed by atoms with Crippen LogP contribution in [-0.2, 0) is 11.2 Å². The Hall–Kier alpha value is -2.08. The van der Waals surface area contributed by atoms with E-state index in [1.54, 1.807) is 0 Å². The van der Waals surface area contributed by atoms with Crippen LogP contribution >= 0.6 is 0 Å². The first-order valence-electron chi connectivity index (χ1n) is 7.49. The first kappa shape index (κ1) is 18.0. The van der Waals surface area contributed by atoms with Gasteiger partial charge in [0.1, 0.15) is 0 Å². The maximum Gasteiger partial charge on any atom is 0.314 e. The van der Waals surface area contributed by atoms with Crippen LogP contribution in [0.5, 0.6) is 0 Å². The molecular formula is C16H26N4O2. The maximum atomic E-state index is 11.7. The molecule has 0 fully saturated rings. The van der Waals surface area contributed by atoms with Crippen molar-refractivity contribution >= 4 is 11.9 Å². The van der Waals surface area contributed by atoms with Gasteiger partial charge < -0.3 is 21.3 Å². The molecule has 0 aliphatic rings. The molecule has 0 saturated heterocycles. The molecule has 0 aliphatic heterocycles. The monoisotopic (exact) mass is 306 g/mol. The van der Waals surface area contributed by atoms with E-state index in [9.17, 15) is 9.59 Å². The summed E-state index contributed by atoms with van der Waals surface area (Å²) >= 11 is 0. The third-order valence-corrected chi connectivity index (χ3v) is 3.51. The van der Waals surface area contributed by atoms with Crippen molar-refractivity contribution in [2.45, 2.75) is 25.8 Å². The van der Waals surface area contributed by atoms with Gasteiger partial charge in [-0.2, -0.15) is 0 Å². The van der Waals surface area contributed by atoms with Crippen LogP contribution in [0.1, 0.15) is 30.5 Å². The molecule has 0 spiro atoms. The number of carbonyl (C=O) groups excluding carboxylic acids is 2. The molecule has 6 heteroatoms. The minimum atomic E-state index is -0.428. The summed E-state index contributed by atoms with van der Waals surface area (Å²) in [6.45, 7) is 2.86. The number of primary amides is 1. The first-order valence-corrected chi connectivity index (χ1v) is 7.49. The predicted molar refractivity (Wildman–Crippen MR) is 87.5 cm³/mol. The minimum Gasteiger partial charge on any atom is -0.370 e. The molecule has 1 aromatic carbocycles. The number of hydrogen-bond acceptors (Lipinski definition) is 3. The van der Waals surface area contributed by atoms with Gasteiger partial charge >= 0.3 is 6.03 Å². The Balaban J connectivity index is 2.53. The van der Waals surface area contributed by atoms with E-state index in [1.807, 2.05) is 14.1 Å². The number of rotatable bonds is 8. The van der Waals surface area contributed by atoms with E-state index in [2.05, 4.69) is 46.7 Å². The van der Waals surface area contributed by atoms with Crippen LogP contribution in [0.3, 0.4) is 0 Å². The summed E-state index contributed by atoms with van der Waals surface area (Å²) in [5.41, 5.74) is 7.47. The molecule has 4 N–H and O–H groups in total. The molecule has 6 nitrogen and oxygen atoms in total. The van der Waals surface area contributed by atoms with Crippen molar-refractivity contribution in [2.75, 3.05) is 27.2 Å². The van der Waals surface area contributed by atoms with Crippen LogP contribution in [0.15, 0.2) is 24.3 Å². The van der Waals surface area contributed by atoms with Crippen molar-refractivity contribution in [2.24, 2.45) is 5.73 Å². The van der Waals surface area contributed by atoms with Crippen LogP contribution in [0.2, 0.25) is 0 Å². The Bertz CT molecular complexity index is 485. The largest absolute Gasteiger partial charge is 0.370 e. The van der Waals surface area contributed by atoms with Crippen molar-refractivity contribution in [3.63, 3.8) is 0 Å². The second-order valence-corrected chi connectivity index (χ2v) is 5.43. The van der Waals surface area contributed by atoms with Gasteiger partial charge in [0.05, 0.1) is 6.04 Å². The van der Waals surface area contributed by atoms with E-state index in [1.165, 1.54) is 5.56 Å². The number of carbonyl (C=O) groups is 2. The summed E-state index contributed by atoms with van der Waals surface area (Å²) in [6.07, 6.45) is 1.15. The Morgan fingerprint density at radius 1 is 1.18 bits per heavy atom. The smallest absolute Gasteiger partial charge is 0.314 e. The molecule has 0 aromatic heterocycles. The highest BCUT2D eigenvalue weighted by molar-refractivity contribution is 5.76. The molecule has 0 heterocycles. The minimum absolute atomic E-state index is 0.0906. The average Bonchev–Trinajstić information content (AvgIpc) is 2.47. The van der Waals surface area contributed by atoms with Crippen molar-refractivity contribution in [3.05, 3.63) is 35.4 Å². The van der Waals surface area contributed by atoms with Crippen LogP contribution in [-0.4, -0.2) is 44.0 Å². The molecule has 0 bridgehead atoms. The zero-order chi connectivity index (χ0) is 16.5. The Morgan fingerprint density at radius 2 is 1.82 bits per heavy atom. The fourth-order valence-corrected chi connectivity index (χ4v) is 2.13. The first-order chi connectivity index (χ1) is 10.4. The summed E-state index contributed by atoms with van der Waals surface area (Å²) in [7, 11) is 3.95. The number of amides is 3. The lowest BCUT2D eigenvalue weighted by Crippen LogP contribution is -2.41. The Kier molecular flexibility index (Phi) is 7.39. The third-order valence-electron chi connectivity index (χ3n) is 3.51. The fraction of sp³-hybridized carbons (Fsp3) is 0.500. The normalized spacial score (nSPS) is 12.0. The maximum absolute atomic E-state index is 11.7. The van der Waals surface area contributed by atoms with Gasteiger partial charge in [-0.1, -0.05) is 31.2 Å². The summed E-state index contributed by atoms with van der Waals surface area (Å²) in [5.74, 6) is -0.428. The van der Waals surface area contributed by atoms with Crippen molar-refractivity contribution in [3.8, 4) is 0 Å². The number of likely N-dealkylation sites (N-methyl/N-ethyl adjacent to an activating group) is 1. The van der Waals surface area contributed by atoms with E-state index >= 15 is 0 Å². The van der Waals surface area contributed by atoms with Crippen LogP contribution in [0.4, 0.5) is 4.79 Å². The van der Waals surface area contributed by atoms with Gasteiger partial charge in [0.15, 0.2) is 0 Å². The zero-order valence-corrected chi connectivity index (χ0v) is 13.6. The zero-order valence-electron chi connectivity index (χ0n) is 13.6. The number of aryl methyl sites for hydroxylation is 1. The van der Waals surface area contributed by atoms with Gasteiger partial charge in [-0.15, -0.1) is 0 Å². The summed E-state index contributed by atoms with van der Waals surface area (Å²) in [5, 5.41) is 5.43. The van der Waals surface area contributed by atoms with E-state index in [4.69, 9.17) is 5.73 Å². The molecule has 1 unspecified atom stereocenters. The highest BCUT2D eigenvalue weighted by Crippen LogP contribution is 2.18. The summed E-state index contributed by atoms with van der Waals surface area (Å²) < 4.78 is 0.